The summed E-state index contributed by atoms with van der Waals surface area (Å²) < 4.78 is 31.9. The number of rotatable bonds is 3. The first-order valence-electron chi connectivity index (χ1n) is 9.85. The average molecular weight is 427 g/mol. The molecule has 2 atom stereocenters. The van der Waals surface area contributed by atoms with Crippen molar-refractivity contribution in [1.29, 1.82) is 0 Å². The Morgan fingerprint density at radius 2 is 2.00 bits per heavy atom. The van der Waals surface area contributed by atoms with Crippen LogP contribution in [0.3, 0.4) is 0 Å². The fourth-order valence-corrected chi connectivity index (χ4v) is 4.10. The van der Waals surface area contributed by atoms with Gasteiger partial charge in [0.25, 0.3) is 11.8 Å². The van der Waals surface area contributed by atoms with Crippen LogP contribution in [0, 0.1) is 0 Å². The van der Waals surface area contributed by atoms with Gasteiger partial charge in [-0.2, -0.15) is 13.9 Å². The largest absolute Gasteiger partial charge is 0.337 e. The lowest BCUT2D eigenvalue weighted by Gasteiger charge is -2.20. The molecule has 3 aromatic rings. The van der Waals surface area contributed by atoms with Gasteiger partial charge >= 0.3 is 5.92 Å². The third kappa shape index (κ3) is 3.16. The summed E-state index contributed by atoms with van der Waals surface area (Å²) in [5, 5.41) is 10.8. The Kier molecular flexibility index (Phi) is 4.34. The van der Waals surface area contributed by atoms with Gasteiger partial charge in [-0.15, -0.1) is 5.10 Å². The standard InChI is InChI=1S/C20H19F2N7O2/c1-27-15-7-9-23-28(15)10-8-13(18(27)31)24-17(30)16-25-19-20(21,22)11-14(29(19)26-16)12-5-3-2-4-6-12/h2-7,9,13-14H,8,10-11H2,1H3,(H,24,30). The van der Waals surface area contributed by atoms with Crippen LogP contribution in [0.2, 0.25) is 0 Å². The molecule has 1 aromatic carbocycles. The number of fused-ring (bicyclic) bond motifs is 2. The van der Waals surface area contributed by atoms with E-state index in [-0.39, 0.29) is 11.7 Å². The van der Waals surface area contributed by atoms with Crippen molar-refractivity contribution < 1.29 is 18.4 Å². The second kappa shape index (κ2) is 6.96. The lowest BCUT2D eigenvalue weighted by Crippen LogP contribution is -2.47. The first-order valence-corrected chi connectivity index (χ1v) is 9.85. The van der Waals surface area contributed by atoms with Gasteiger partial charge in [0.2, 0.25) is 5.82 Å². The smallest absolute Gasteiger partial charge is 0.308 e. The monoisotopic (exact) mass is 427 g/mol. The number of hydrogen-bond acceptors (Lipinski definition) is 5. The normalized spacial score (nSPS) is 22.0. The molecule has 4 heterocycles. The number of aromatic nitrogens is 5. The van der Waals surface area contributed by atoms with E-state index in [0.717, 1.165) is 4.68 Å². The number of hydrogen-bond donors (Lipinski definition) is 1. The van der Waals surface area contributed by atoms with Crippen LogP contribution in [0.15, 0.2) is 42.6 Å². The molecule has 0 radical (unpaired) electrons. The minimum absolute atomic E-state index is 0.306. The summed E-state index contributed by atoms with van der Waals surface area (Å²) in [6.07, 6.45) is 1.43. The number of nitrogens with one attached hydrogen (secondary N) is 1. The van der Waals surface area contributed by atoms with Gasteiger partial charge in [-0.3, -0.25) is 14.5 Å². The maximum atomic E-state index is 14.6. The van der Waals surface area contributed by atoms with E-state index in [1.54, 1.807) is 54.3 Å². The van der Waals surface area contributed by atoms with E-state index in [9.17, 15) is 18.4 Å². The molecule has 0 aliphatic carbocycles. The van der Waals surface area contributed by atoms with Crippen molar-refractivity contribution in [3.05, 3.63) is 59.8 Å². The lowest BCUT2D eigenvalue weighted by atomic mass is 10.0. The van der Waals surface area contributed by atoms with Crippen molar-refractivity contribution in [2.45, 2.75) is 37.4 Å². The topological polar surface area (TPSA) is 97.9 Å². The molecule has 2 unspecified atom stereocenters. The summed E-state index contributed by atoms with van der Waals surface area (Å²) in [6.45, 7) is 0.421. The Morgan fingerprint density at radius 1 is 1.23 bits per heavy atom. The van der Waals surface area contributed by atoms with Gasteiger partial charge in [-0.05, 0) is 12.0 Å². The Morgan fingerprint density at radius 3 is 2.77 bits per heavy atom. The second-order valence-corrected chi connectivity index (χ2v) is 7.66. The van der Waals surface area contributed by atoms with Crippen LogP contribution in [0.1, 0.15) is 40.9 Å². The molecule has 31 heavy (non-hydrogen) atoms. The highest BCUT2D eigenvalue weighted by Crippen LogP contribution is 2.45. The third-order valence-electron chi connectivity index (χ3n) is 5.69. The predicted molar refractivity (Wildman–Crippen MR) is 105 cm³/mol. The van der Waals surface area contributed by atoms with Gasteiger partial charge in [-0.1, -0.05) is 30.3 Å². The minimum Gasteiger partial charge on any atom is -0.337 e. The second-order valence-electron chi connectivity index (χ2n) is 7.66. The van der Waals surface area contributed by atoms with E-state index in [1.807, 2.05) is 0 Å². The van der Waals surface area contributed by atoms with E-state index in [2.05, 4.69) is 20.5 Å². The quantitative estimate of drug-likeness (QED) is 0.687. The van der Waals surface area contributed by atoms with Gasteiger partial charge in [0.05, 0.1) is 12.2 Å². The molecule has 1 N–H and O–H groups in total. The van der Waals surface area contributed by atoms with Gasteiger partial charge in [0, 0.05) is 26.1 Å². The van der Waals surface area contributed by atoms with E-state index in [4.69, 9.17) is 0 Å². The molecule has 0 saturated carbocycles. The molecule has 0 spiro atoms. The fourth-order valence-electron chi connectivity index (χ4n) is 4.10. The van der Waals surface area contributed by atoms with Crippen LogP contribution < -0.4 is 10.2 Å². The molecule has 2 aliphatic rings. The summed E-state index contributed by atoms with van der Waals surface area (Å²) in [4.78, 5) is 30.8. The zero-order chi connectivity index (χ0) is 21.8. The SMILES string of the molecule is CN1C(=O)C(NC(=O)c2nc3n(n2)C(c2ccccc2)CC3(F)F)CCn2nccc21. The predicted octanol–water partition coefficient (Wildman–Crippen LogP) is 1.72. The number of benzene rings is 1. The Balaban J connectivity index is 1.39. The van der Waals surface area contributed by atoms with Crippen LogP contribution in [0.5, 0.6) is 0 Å². The minimum atomic E-state index is -3.21. The molecular weight excluding hydrogens is 408 g/mol. The number of carbonyl (C=O) groups excluding carboxylic acids is 2. The highest BCUT2D eigenvalue weighted by atomic mass is 19.3. The number of nitrogens with zero attached hydrogens (tertiary/aromatic N) is 6. The molecule has 0 bridgehead atoms. The number of amides is 2. The summed E-state index contributed by atoms with van der Waals surface area (Å²) in [5.41, 5.74) is 0.660. The molecule has 0 saturated heterocycles. The molecule has 0 fully saturated rings. The number of carbonyl (C=O) groups is 2. The van der Waals surface area contributed by atoms with Crippen LogP contribution in [0.25, 0.3) is 0 Å². The number of halogens is 2. The van der Waals surface area contributed by atoms with E-state index in [0.29, 0.717) is 24.3 Å². The zero-order valence-electron chi connectivity index (χ0n) is 16.6. The maximum absolute atomic E-state index is 14.6. The van der Waals surface area contributed by atoms with Crippen LogP contribution >= 0.6 is 0 Å². The number of aryl methyl sites for hydroxylation is 1. The Labute approximate surface area is 175 Å². The molecule has 160 valence electrons. The Hall–Kier alpha value is -3.63. The highest BCUT2D eigenvalue weighted by molar-refractivity contribution is 6.00. The summed E-state index contributed by atoms with van der Waals surface area (Å²) in [6, 6.07) is 8.93. The number of alkyl halides is 2. The lowest BCUT2D eigenvalue weighted by molar-refractivity contribution is -0.120. The summed E-state index contributed by atoms with van der Waals surface area (Å²) >= 11 is 0. The van der Waals surface area contributed by atoms with E-state index >= 15 is 0 Å². The fraction of sp³-hybridized carbons (Fsp3) is 0.350. The molecule has 9 nitrogen and oxygen atoms in total. The van der Waals surface area contributed by atoms with Crippen molar-refractivity contribution in [3.63, 3.8) is 0 Å². The first kappa shape index (κ1) is 19.3. The number of anilines is 1. The van der Waals surface area contributed by atoms with Gasteiger partial charge in [0.1, 0.15) is 11.9 Å². The van der Waals surface area contributed by atoms with Crippen molar-refractivity contribution in [3.8, 4) is 0 Å². The Bertz CT molecular complexity index is 1160. The van der Waals surface area contributed by atoms with Crippen LogP contribution in [0.4, 0.5) is 14.6 Å². The van der Waals surface area contributed by atoms with Gasteiger partial charge < -0.3 is 5.32 Å². The van der Waals surface area contributed by atoms with Crippen LogP contribution in [-0.4, -0.2) is 49.4 Å². The van der Waals surface area contributed by atoms with Crippen molar-refractivity contribution in [1.82, 2.24) is 29.9 Å². The van der Waals surface area contributed by atoms with Gasteiger partial charge in [0.15, 0.2) is 5.82 Å². The molecule has 2 aliphatic heterocycles. The third-order valence-corrected chi connectivity index (χ3v) is 5.69. The molecular formula is C20H19F2N7O2. The summed E-state index contributed by atoms with van der Waals surface area (Å²) in [7, 11) is 1.59. The van der Waals surface area contributed by atoms with Crippen molar-refractivity contribution in [2.24, 2.45) is 0 Å². The number of likely N-dealkylation sites (N-methyl/N-ethyl adjacent to an activating group) is 1. The van der Waals surface area contributed by atoms with Crippen LogP contribution in [-0.2, 0) is 17.3 Å². The van der Waals surface area contributed by atoms with Gasteiger partial charge in [-0.25, -0.2) is 14.3 Å². The zero-order valence-corrected chi connectivity index (χ0v) is 16.6. The first-order chi connectivity index (χ1) is 14.8. The highest BCUT2D eigenvalue weighted by Gasteiger charge is 2.49. The van der Waals surface area contributed by atoms with E-state index < -0.39 is 36.2 Å². The molecule has 2 aromatic heterocycles. The molecule has 5 rings (SSSR count). The average Bonchev–Trinajstić information content (AvgIpc) is 3.45. The molecule has 11 heteroatoms. The maximum Gasteiger partial charge on any atom is 0.308 e. The van der Waals surface area contributed by atoms with Crippen molar-refractivity contribution in [2.75, 3.05) is 11.9 Å². The molecule has 2 amide bonds. The summed E-state index contributed by atoms with van der Waals surface area (Å²) in [5.74, 6) is -4.61. The van der Waals surface area contributed by atoms with E-state index in [1.165, 1.54) is 4.90 Å². The van der Waals surface area contributed by atoms with Crippen molar-refractivity contribution >= 4 is 17.6 Å².